The molecule has 0 aliphatic heterocycles. The molecule has 1 saturated carbocycles. The molecule has 1 aromatic rings. The molecule has 0 atom stereocenters. The van der Waals surface area contributed by atoms with Crippen LogP contribution in [0.5, 0.6) is 0 Å². The predicted molar refractivity (Wildman–Crippen MR) is 71.2 cm³/mol. The highest BCUT2D eigenvalue weighted by atomic mass is 16.4. The Morgan fingerprint density at radius 3 is 2.28 bits per heavy atom. The van der Waals surface area contributed by atoms with Crippen molar-refractivity contribution in [1.29, 1.82) is 0 Å². The highest BCUT2D eigenvalue weighted by molar-refractivity contribution is 5.33. The van der Waals surface area contributed by atoms with Crippen molar-refractivity contribution >= 4 is 6.01 Å². The minimum absolute atomic E-state index is 0.262. The third-order valence-corrected chi connectivity index (χ3v) is 4.42. The van der Waals surface area contributed by atoms with Crippen LogP contribution in [0.25, 0.3) is 0 Å². The van der Waals surface area contributed by atoms with E-state index in [2.05, 4.69) is 62.4 Å². The summed E-state index contributed by atoms with van der Waals surface area (Å²) in [6.07, 6.45) is 0. The molecule has 5 heteroatoms. The normalized spacial score (nSPS) is 21.3. The van der Waals surface area contributed by atoms with Crippen LogP contribution in [0.4, 0.5) is 6.01 Å². The minimum atomic E-state index is 0.262. The molecule has 2 rings (SSSR count). The van der Waals surface area contributed by atoms with Crippen LogP contribution in [-0.4, -0.2) is 22.3 Å². The molecule has 1 fully saturated rings. The van der Waals surface area contributed by atoms with E-state index in [0.717, 1.165) is 0 Å². The van der Waals surface area contributed by atoms with Crippen molar-refractivity contribution in [2.45, 2.75) is 60.2 Å². The summed E-state index contributed by atoms with van der Waals surface area (Å²) in [4.78, 5) is 0. The molecule has 0 saturated heterocycles. The first-order chi connectivity index (χ1) is 8.25. The Balaban J connectivity index is 1.92. The first kappa shape index (κ1) is 13.3. The van der Waals surface area contributed by atoms with Gasteiger partial charge in [0.25, 0.3) is 0 Å². The van der Waals surface area contributed by atoms with Crippen LogP contribution in [-0.2, 0) is 6.54 Å². The van der Waals surface area contributed by atoms with Gasteiger partial charge in [0.2, 0.25) is 5.89 Å². The Bertz CT molecular complexity index is 408. The lowest BCUT2D eigenvalue weighted by Crippen LogP contribution is -2.21. The zero-order valence-corrected chi connectivity index (χ0v) is 12.2. The van der Waals surface area contributed by atoms with Gasteiger partial charge < -0.3 is 15.1 Å². The number of nitrogens with one attached hydrogen (secondary N) is 2. The Labute approximate surface area is 109 Å². The third kappa shape index (κ3) is 2.23. The zero-order valence-electron chi connectivity index (χ0n) is 12.2. The van der Waals surface area contributed by atoms with Crippen LogP contribution in [0, 0.1) is 10.8 Å². The summed E-state index contributed by atoms with van der Waals surface area (Å²) in [6, 6.07) is 1.32. The number of nitrogens with zero attached hydrogens (tertiary/aromatic N) is 2. The smallest absolute Gasteiger partial charge is 0.315 e. The fourth-order valence-corrected chi connectivity index (χ4v) is 2.36. The molecular weight excluding hydrogens is 228 g/mol. The number of hydrogen-bond acceptors (Lipinski definition) is 5. The molecule has 1 aromatic heterocycles. The largest absolute Gasteiger partial charge is 0.407 e. The van der Waals surface area contributed by atoms with E-state index < -0.39 is 0 Å². The second kappa shape index (κ2) is 4.23. The molecule has 0 spiro atoms. The van der Waals surface area contributed by atoms with Gasteiger partial charge in [0.15, 0.2) is 0 Å². The lowest BCUT2D eigenvalue weighted by Gasteiger charge is -2.04. The van der Waals surface area contributed by atoms with E-state index in [4.69, 9.17) is 4.42 Å². The van der Waals surface area contributed by atoms with Crippen molar-refractivity contribution < 1.29 is 4.42 Å². The molecule has 0 bridgehead atoms. The van der Waals surface area contributed by atoms with Crippen LogP contribution >= 0.6 is 0 Å². The van der Waals surface area contributed by atoms with Crippen LogP contribution in [0.15, 0.2) is 4.42 Å². The van der Waals surface area contributed by atoms with E-state index in [1.54, 1.807) is 0 Å². The van der Waals surface area contributed by atoms with Gasteiger partial charge in [-0.1, -0.05) is 46.6 Å². The lowest BCUT2D eigenvalue weighted by atomic mass is 10.0. The van der Waals surface area contributed by atoms with Gasteiger partial charge in [0, 0.05) is 12.1 Å². The lowest BCUT2D eigenvalue weighted by molar-refractivity contribution is 0.456. The van der Waals surface area contributed by atoms with Gasteiger partial charge >= 0.3 is 6.01 Å². The molecule has 2 N–H and O–H groups in total. The third-order valence-electron chi connectivity index (χ3n) is 4.42. The maximum atomic E-state index is 5.58. The first-order valence-electron chi connectivity index (χ1n) is 6.57. The van der Waals surface area contributed by atoms with E-state index >= 15 is 0 Å². The first-order valence-corrected chi connectivity index (χ1v) is 6.57. The van der Waals surface area contributed by atoms with Crippen molar-refractivity contribution in [2.24, 2.45) is 10.8 Å². The van der Waals surface area contributed by atoms with Gasteiger partial charge in [-0.3, -0.25) is 0 Å². The van der Waals surface area contributed by atoms with Crippen molar-refractivity contribution in [3.63, 3.8) is 0 Å². The molecule has 5 nitrogen and oxygen atoms in total. The van der Waals surface area contributed by atoms with Crippen LogP contribution in [0.1, 0.15) is 47.4 Å². The summed E-state index contributed by atoms with van der Waals surface area (Å²) < 4.78 is 5.58. The molecular formula is C13H24N4O. The Kier molecular flexibility index (Phi) is 3.13. The van der Waals surface area contributed by atoms with Crippen molar-refractivity contribution in [3.8, 4) is 0 Å². The quantitative estimate of drug-likeness (QED) is 0.842. The Morgan fingerprint density at radius 1 is 1.17 bits per heavy atom. The summed E-state index contributed by atoms with van der Waals surface area (Å²) in [6.45, 7) is 13.8. The maximum absolute atomic E-state index is 5.58. The van der Waals surface area contributed by atoms with Gasteiger partial charge in [-0.25, -0.2) is 0 Å². The van der Waals surface area contributed by atoms with Crippen LogP contribution in [0.3, 0.4) is 0 Å². The number of rotatable bonds is 5. The fraction of sp³-hybridized carbons (Fsp3) is 0.846. The van der Waals surface area contributed by atoms with Crippen molar-refractivity contribution in [2.75, 3.05) is 5.32 Å². The van der Waals surface area contributed by atoms with Gasteiger partial charge in [0.05, 0.1) is 6.54 Å². The van der Waals surface area contributed by atoms with E-state index in [9.17, 15) is 0 Å². The second-order valence-electron chi connectivity index (χ2n) is 6.56. The number of hydrogen-bond donors (Lipinski definition) is 2. The van der Waals surface area contributed by atoms with E-state index in [1.165, 1.54) is 0 Å². The zero-order chi connectivity index (χ0) is 13.6. The Morgan fingerprint density at radius 2 is 1.78 bits per heavy atom. The van der Waals surface area contributed by atoms with Crippen LogP contribution < -0.4 is 10.6 Å². The SMILES string of the molecule is CC(C)NCc1nnc(NC2C(C)(C)C2(C)C)o1. The molecule has 18 heavy (non-hydrogen) atoms. The molecule has 0 radical (unpaired) electrons. The summed E-state index contributed by atoms with van der Waals surface area (Å²) in [5, 5.41) is 14.6. The molecule has 0 amide bonds. The highest BCUT2D eigenvalue weighted by Crippen LogP contribution is 2.63. The standard InChI is InChI=1S/C13H24N4O/c1-8(2)14-7-9-16-17-11(18-9)15-10-12(3,4)13(10,5)6/h8,10,14H,7H2,1-6H3,(H,15,17). The van der Waals surface area contributed by atoms with Crippen molar-refractivity contribution in [1.82, 2.24) is 15.5 Å². The fourth-order valence-electron chi connectivity index (χ4n) is 2.36. The van der Waals surface area contributed by atoms with Gasteiger partial charge in [-0.2, -0.15) is 0 Å². The predicted octanol–water partition coefficient (Wildman–Crippen LogP) is 2.41. The molecule has 1 heterocycles. The maximum Gasteiger partial charge on any atom is 0.315 e. The molecule has 102 valence electrons. The van der Waals surface area contributed by atoms with E-state index in [1.807, 2.05) is 0 Å². The summed E-state index contributed by atoms with van der Waals surface area (Å²) in [5.41, 5.74) is 0.523. The van der Waals surface area contributed by atoms with Gasteiger partial charge in [-0.05, 0) is 10.8 Å². The monoisotopic (exact) mass is 252 g/mol. The molecule has 1 aliphatic rings. The number of aromatic nitrogens is 2. The van der Waals surface area contributed by atoms with Crippen molar-refractivity contribution in [3.05, 3.63) is 5.89 Å². The molecule has 0 unspecified atom stereocenters. The van der Waals surface area contributed by atoms with E-state index in [-0.39, 0.29) is 10.8 Å². The molecule has 0 aromatic carbocycles. The topological polar surface area (TPSA) is 63.0 Å². The van der Waals surface area contributed by atoms with Gasteiger partial charge in [0.1, 0.15) is 0 Å². The molecule has 1 aliphatic carbocycles. The van der Waals surface area contributed by atoms with Gasteiger partial charge in [-0.15, -0.1) is 5.10 Å². The summed E-state index contributed by atoms with van der Waals surface area (Å²) in [7, 11) is 0. The summed E-state index contributed by atoms with van der Waals surface area (Å²) >= 11 is 0. The average Bonchev–Trinajstić information content (AvgIpc) is 2.65. The summed E-state index contributed by atoms with van der Waals surface area (Å²) in [5.74, 6) is 0.627. The average molecular weight is 252 g/mol. The minimum Gasteiger partial charge on any atom is -0.407 e. The Hall–Kier alpha value is -1.10. The second-order valence-corrected chi connectivity index (χ2v) is 6.56. The number of anilines is 1. The highest BCUT2D eigenvalue weighted by Gasteiger charge is 2.65. The van der Waals surface area contributed by atoms with Crippen LogP contribution in [0.2, 0.25) is 0 Å². The van der Waals surface area contributed by atoms with E-state index in [0.29, 0.717) is 30.5 Å².